The number of nitrogen functional groups attached to an aromatic ring is 1. The van der Waals surface area contributed by atoms with Crippen molar-refractivity contribution in [1.29, 1.82) is 0 Å². The first-order valence-electron chi connectivity index (χ1n) is 9.95. The van der Waals surface area contributed by atoms with Crippen LogP contribution in [0.15, 0.2) is 66.7 Å². The predicted molar refractivity (Wildman–Crippen MR) is 130 cm³/mol. The van der Waals surface area contributed by atoms with Crippen LogP contribution in [0.25, 0.3) is 18.2 Å². The van der Waals surface area contributed by atoms with Crippen LogP contribution >= 0.6 is 0 Å². The van der Waals surface area contributed by atoms with Crippen molar-refractivity contribution < 1.29 is 19.0 Å². The summed E-state index contributed by atoms with van der Waals surface area (Å²) in [7, 11) is 4.73. The summed E-state index contributed by atoms with van der Waals surface area (Å²) in [5.41, 5.74) is 9.81. The van der Waals surface area contributed by atoms with Gasteiger partial charge in [0.2, 0.25) is 11.7 Å². The fourth-order valence-electron chi connectivity index (χ4n) is 3.12. The van der Waals surface area contributed by atoms with Gasteiger partial charge in [-0.25, -0.2) is 0 Å². The van der Waals surface area contributed by atoms with Crippen LogP contribution in [-0.2, 0) is 4.79 Å². The van der Waals surface area contributed by atoms with Crippen molar-refractivity contribution in [2.45, 2.75) is 0 Å². The first-order chi connectivity index (χ1) is 15.5. The van der Waals surface area contributed by atoms with E-state index < -0.39 is 0 Å². The van der Waals surface area contributed by atoms with E-state index in [4.69, 9.17) is 19.9 Å². The first-order valence-corrected chi connectivity index (χ1v) is 9.95. The molecule has 0 fully saturated rings. The SMILES string of the molecule is COc1cc(C=Cc2cccc(NC(=O)/C=C/c3ccccc3N)c2)cc(OC)c1OC. The summed E-state index contributed by atoms with van der Waals surface area (Å²) in [6, 6.07) is 18.6. The smallest absolute Gasteiger partial charge is 0.248 e. The number of hydrogen-bond acceptors (Lipinski definition) is 5. The van der Waals surface area contributed by atoms with E-state index in [0.717, 1.165) is 16.7 Å². The maximum atomic E-state index is 12.3. The highest BCUT2D eigenvalue weighted by Crippen LogP contribution is 2.38. The molecule has 0 saturated heterocycles. The molecular weight excluding hydrogens is 404 g/mol. The monoisotopic (exact) mass is 430 g/mol. The van der Waals surface area contributed by atoms with Gasteiger partial charge in [0.15, 0.2) is 11.5 Å². The fraction of sp³-hybridized carbons (Fsp3) is 0.115. The molecule has 0 aliphatic heterocycles. The maximum Gasteiger partial charge on any atom is 0.248 e. The first kappa shape index (κ1) is 22.5. The minimum Gasteiger partial charge on any atom is -0.493 e. The molecule has 3 N–H and O–H groups in total. The molecule has 0 aromatic heterocycles. The van der Waals surface area contributed by atoms with E-state index in [-0.39, 0.29) is 5.91 Å². The van der Waals surface area contributed by atoms with Gasteiger partial charge in [-0.3, -0.25) is 4.79 Å². The summed E-state index contributed by atoms with van der Waals surface area (Å²) in [4.78, 5) is 12.3. The standard InChI is InChI=1S/C26H26N2O4/c1-30-23-16-19(17-24(31-2)26(23)32-3)12-11-18-7-6-9-21(15-18)28-25(29)14-13-20-8-4-5-10-22(20)27/h4-17H,27H2,1-3H3,(H,28,29)/b12-11?,14-13+. The third-order valence-corrected chi connectivity index (χ3v) is 4.72. The van der Waals surface area contributed by atoms with Crippen LogP contribution in [0, 0.1) is 0 Å². The molecule has 0 unspecified atom stereocenters. The summed E-state index contributed by atoms with van der Waals surface area (Å²) in [5.74, 6) is 1.47. The van der Waals surface area contributed by atoms with Gasteiger partial charge >= 0.3 is 0 Å². The third kappa shape index (κ3) is 5.70. The van der Waals surface area contributed by atoms with Crippen LogP contribution in [0.1, 0.15) is 16.7 Å². The van der Waals surface area contributed by atoms with Gasteiger partial charge in [0, 0.05) is 17.5 Å². The number of amides is 1. The second-order valence-corrected chi connectivity index (χ2v) is 6.87. The van der Waals surface area contributed by atoms with Gasteiger partial charge in [-0.2, -0.15) is 0 Å². The van der Waals surface area contributed by atoms with Crippen molar-refractivity contribution in [2.24, 2.45) is 0 Å². The molecule has 0 aliphatic rings. The molecule has 3 rings (SSSR count). The van der Waals surface area contributed by atoms with E-state index in [9.17, 15) is 4.79 Å². The average Bonchev–Trinajstić information content (AvgIpc) is 2.81. The highest BCUT2D eigenvalue weighted by Gasteiger charge is 2.12. The zero-order valence-electron chi connectivity index (χ0n) is 18.3. The lowest BCUT2D eigenvalue weighted by Gasteiger charge is -2.12. The Labute approximate surface area is 187 Å². The molecule has 6 heteroatoms. The molecule has 0 spiro atoms. The third-order valence-electron chi connectivity index (χ3n) is 4.72. The number of nitrogens with two attached hydrogens (primary N) is 1. The molecule has 0 radical (unpaired) electrons. The lowest BCUT2D eigenvalue weighted by atomic mass is 10.1. The Kier molecular flexibility index (Phi) is 7.54. The predicted octanol–water partition coefficient (Wildman–Crippen LogP) is 5.12. The van der Waals surface area contributed by atoms with Gasteiger partial charge in [0.25, 0.3) is 0 Å². The van der Waals surface area contributed by atoms with Crippen molar-refractivity contribution in [3.8, 4) is 17.2 Å². The van der Waals surface area contributed by atoms with E-state index in [1.54, 1.807) is 33.5 Å². The van der Waals surface area contributed by atoms with E-state index in [2.05, 4.69) is 5.32 Å². The number of carbonyl (C=O) groups excluding carboxylic acids is 1. The molecule has 1 amide bonds. The topological polar surface area (TPSA) is 82.8 Å². The zero-order chi connectivity index (χ0) is 22.9. The highest BCUT2D eigenvalue weighted by molar-refractivity contribution is 6.02. The fourth-order valence-corrected chi connectivity index (χ4v) is 3.12. The lowest BCUT2D eigenvalue weighted by molar-refractivity contribution is -0.111. The number of hydrogen-bond donors (Lipinski definition) is 2. The molecule has 164 valence electrons. The minimum atomic E-state index is -0.237. The molecular formula is C26H26N2O4. The van der Waals surface area contributed by atoms with Crippen LogP contribution in [0.4, 0.5) is 11.4 Å². The maximum absolute atomic E-state index is 12.3. The number of anilines is 2. The van der Waals surface area contributed by atoms with Crippen molar-refractivity contribution in [1.82, 2.24) is 0 Å². The van der Waals surface area contributed by atoms with Gasteiger partial charge in [-0.05, 0) is 53.1 Å². The molecule has 0 aliphatic carbocycles. The number of para-hydroxylation sites is 1. The normalized spacial score (nSPS) is 11.0. The molecule has 6 nitrogen and oxygen atoms in total. The number of nitrogens with one attached hydrogen (secondary N) is 1. The van der Waals surface area contributed by atoms with Crippen LogP contribution in [-0.4, -0.2) is 27.2 Å². The largest absolute Gasteiger partial charge is 0.493 e. The second kappa shape index (κ2) is 10.7. The Morgan fingerprint density at radius 1 is 0.812 bits per heavy atom. The summed E-state index contributed by atoms with van der Waals surface area (Å²) >= 11 is 0. The van der Waals surface area contributed by atoms with E-state index in [1.165, 1.54) is 6.08 Å². The molecule has 0 saturated carbocycles. The second-order valence-electron chi connectivity index (χ2n) is 6.87. The van der Waals surface area contributed by atoms with Gasteiger partial charge < -0.3 is 25.3 Å². The number of ether oxygens (including phenoxy) is 3. The molecule has 32 heavy (non-hydrogen) atoms. The molecule has 3 aromatic carbocycles. The molecule has 3 aromatic rings. The van der Waals surface area contributed by atoms with E-state index in [0.29, 0.717) is 28.6 Å². The molecule has 0 bridgehead atoms. The summed E-state index contributed by atoms with van der Waals surface area (Å²) in [5, 5.41) is 2.86. The van der Waals surface area contributed by atoms with E-state index in [1.807, 2.05) is 66.7 Å². The van der Waals surface area contributed by atoms with Crippen LogP contribution in [0.2, 0.25) is 0 Å². The zero-order valence-corrected chi connectivity index (χ0v) is 18.3. The highest BCUT2D eigenvalue weighted by atomic mass is 16.5. The van der Waals surface area contributed by atoms with Gasteiger partial charge in [-0.15, -0.1) is 0 Å². The Balaban J connectivity index is 1.73. The summed E-state index contributed by atoms with van der Waals surface area (Å²) < 4.78 is 16.1. The number of rotatable bonds is 8. The number of methoxy groups -OCH3 is 3. The van der Waals surface area contributed by atoms with E-state index >= 15 is 0 Å². The van der Waals surface area contributed by atoms with Crippen molar-refractivity contribution in [3.63, 3.8) is 0 Å². The van der Waals surface area contributed by atoms with Crippen molar-refractivity contribution >= 4 is 35.5 Å². The van der Waals surface area contributed by atoms with Crippen LogP contribution in [0.3, 0.4) is 0 Å². The Morgan fingerprint density at radius 3 is 2.16 bits per heavy atom. The van der Waals surface area contributed by atoms with Crippen LogP contribution in [0.5, 0.6) is 17.2 Å². The number of benzene rings is 3. The quantitative estimate of drug-likeness (QED) is 0.295. The Morgan fingerprint density at radius 2 is 1.50 bits per heavy atom. The Hall–Kier alpha value is -4.19. The Bertz CT molecular complexity index is 1130. The average molecular weight is 431 g/mol. The van der Waals surface area contributed by atoms with Gasteiger partial charge in [0.05, 0.1) is 21.3 Å². The molecule has 0 heterocycles. The van der Waals surface area contributed by atoms with Gasteiger partial charge in [0.1, 0.15) is 0 Å². The lowest BCUT2D eigenvalue weighted by Crippen LogP contribution is -2.07. The number of carbonyl (C=O) groups is 1. The van der Waals surface area contributed by atoms with Crippen molar-refractivity contribution in [3.05, 3.63) is 83.4 Å². The minimum absolute atomic E-state index is 0.237. The van der Waals surface area contributed by atoms with Crippen LogP contribution < -0.4 is 25.3 Å². The molecule has 0 atom stereocenters. The van der Waals surface area contributed by atoms with Gasteiger partial charge in [-0.1, -0.05) is 42.5 Å². The summed E-state index contributed by atoms with van der Waals surface area (Å²) in [6.07, 6.45) is 7.03. The van der Waals surface area contributed by atoms with Crippen molar-refractivity contribution in [2.75, 3.05) is 32.4 Å². The summed E-state index contributed by atoms with van der Waals surface area (Å²) in [6.45, 7) is 0.